The highest BCUT2D eigenvalue weighted by Gasteiger charge is 2.33. The summed E-state index contributed by atoms with van der Waals surface area (Å²) in [6, 6.07) is 18.5. The Balaban J connectivity index is 1.47. The van der Waals surface area contributed by atoms with Crippen molar-refractivity contribution in [1.82, 2.24) is 0 Å². The molecule has 1 aliphatic heterocycles. The molecule has 2 amide bonds. The number of halogens is 1. The van der Waals surface area contributed by atoms with Gasteiger partial charge < -0.3 is 14.8 Å². The molecule has 37 heavy (non-hydrogen) atoms. The first-order valence-electron chi connectivity index (χ1n) is 11.6. The maximum atomic E-state index is 13.1. The summed E-state index contributed by atoms with van der Waals surface area (Å²) in [5.74, 6) is 0.467. The van der Waals surface area contributed by atoms with Crippen LogP contribution in [0.4, 0.5) is 11.4 Å². The van der Waals surface area contributed by atoms with Gasteiger partial charge in [-0.15, -0.1) is 0 Å². The van der Waals surface area contributed by atoms with Crippen molar-refractivity contribution in [2.45, 2.75) is 20.8 Å². The molecule has 0 unspecified atom stereocenters. The molecule has 6 nitrogen and oxygen atoms in total. The van der Waals surface area contributed by atoms with Gasteiger partial charge >= 0.3 is 0 Å². The van der Waals surface area contributed by atoms with Crippen molar-refractivity contribution in [3.8, 4) is 11.5 Å². The van der Waals surface area contributed by atoms with E-state index in [0.717, 1.165) is 26.9 Å². The lowest BCUT2D eigenvalue weighted by atomic mass is 10.1. The molecule has 1 N–H and O–H groups in total. The van der Waals surface area contributed by atoms with Crippen molar-refractivity contribution in [2.24, 2.45) is 0 Å². The SMILES string of the molecule is CCOc1cc(/C=C2/SC(=S)N(c3cccc(Br)c3)C2=O)ccc1OCC(=O)Nc1ccc(C)c(C)c1. The molecule has 0 aliphatic carbocycles. The Labute approximate surface area is 234 Å². The summed E-state index contributed by atoms with van der Waals surface area (Å²) in [5.41, 5.74) is 4.44. The number of nitrogens with one attached hydrogen (secondary N) is 1. The monoisotopic (exact) mass is 596 g/mol. The second-order valence-corrected chi connectivity index (χ2v) is 10.9. The standard InChI is InChI=1S/C28H25BrN2O4S2/c1-4-34-24-13-19(14-25-27(33)31(28(36)37-25)22-7-5-6-20(29)15-22)9-11-23(24)35-16-26(32)30-21-10-8-17(2)18(3)12-21/h5-15H,4,16H2,1-3H3,(H,30,32)/b25-14+. The van der Waals surface area contributed by atoms with Crippen LogP contribution in [-0.4, -0.2) is 29.3 Å². The van der Waals surface area contributed by atoms with E-state index in [1.54, 1.807) is 18.2 Å². The van der Waals surface area contributed by atoms with Crippen LogP contribution in [0.15, 0.2) is 70.0 Å². The Kier molecular flexibility index (Phi) is 8.68. The van der Waals surface area contributed by atoms with Crippen LogP contribution in [0.1, 0.15) is 23.6 Å². The Bertz CT molecular complexity index is 1410. The number of hydrogen-bond acceptors (Lipinski definition) is 6. The minimum absolute atomic E-state index is 0.169. The number of rotatable bonds is 8. The van der Waals surface area contributed by atoms with Crippen molar-refractivity contribution >= 4 is 73.5 Å². The van der Waals surface area contributed by atoms with Gasteiger partial charge in [-0.25, -0.2) is 0 Å². The van der Waals surface area contributed by atoms with Gasteiger partial charge in [-0.3, -0.25) is 14.5 Å². The zero-order valence-corrected chi connectivity index (χ0v) is 23.8. The third kappa shape index (κ3) is 6.60. The fraction of sp³-hybridized carbons (Fsp3) is 0.179. The maximum Gasteiger partial charge on any atom is 0.270 e. The lowest BCUT2D eigenvalue weighted by Gasteiger charge is -2.14. The Morgan fingerprint density at radius 1 is 1.05 bits per heavy atom. The van der Waals surface area contributed by atoms with Gasteiger partial charge in [0, 0.05) is 10.2 Å². The van der Waals surface area contributed by atoms with Gasteiger partial charge in [0.2, 0.25) is 0 Å². The molecule has 0 aromatic heterocycles. The summed E-state index contributed by atoms with van der Waals surface area (Å²) >= 11 is 10.2. The summed E-state index contributed by atoms with van der Waals surface area (Å²) < 4.78 is 12.8. The molecule has 0 saturated carbocycles. The first-order valence-corrected chi connectivity index (χ1v) is 13.6. The molecular formula is C28H25BrN2O4S2. The average molecular weight is 598 g/mol. The van der Waals surface area contributed by atoms with Gasteiger partial charge in [0.25, 0.3) is 11.8 Å². The van der Waals surface area contributed by atoms with Gasteiger partial charge in [0.1, 0.15) is 0 Å². The second kappa shape index (κ2) is 11.9. The van der Waals surface area contributed by atoms with Gasteiger partial charge in [-0.05, 0) is 86.0 Å². The minimum atomic E-state index is -0.272. The van der Waals surface area contributed by atoms with E-state index in [4.69, 9.17) is 21.7 Å². The van der Waals surface area contributed by atoms with Crippen molar-refractivity contribution in [3.05, 3.63) is 86.7 Å². The van der Waals surface area contributed by atoms with Crippen LogP contribution in [-0.2, 0) is 9.59 Å². The normalized spacial score (nSPS) is 14.3. The summed E-state index contributed by atoms with van der Waals surface area (Å²) in [6.45, 7) is 6.13. The predicted molar refractivity (Wildman–Crippen MR) is 157 cm³/mol. The van der Waals surface area contributed by atoms with Crippen molar-refractivity contribution in [1.29, 1.82) is 0 Å². The van der Waals surface area contributed by atoms with E-state index in [2.05, 4.69) is 21.2 Å². The number of carbonyl (C=O) groups is 2. The molecule has 9 heteroatoms. The van der Waals surface area contributed by atoms with Crippen LogP contribution >= 0.6 is 39.9 Å². The molecule has 1 aliphatic rings. The number of anilines is 2. The molecule has 4 rings (SSSR count). The average Bonchev–Trinajstić information content (AvgIpc) is 3.13. The Hall–Kier alpha value is -3.14. The molecule has 0 spiro atoms. The van der Waals surface area contributed by atoms with Crippen molar-refractivity contribution < 1.29 is 19.1 Å². The number of carbonyl (C=O) groups excluding carboxylic acids is 2. The highest BCUT2D eigenvalue weighted by Crippen LogP contribution is 2.38. The lowest BCUT2D eigenvalue weighted by Crippen LogP contribution is -2.27. The molecule has 0 atom stereocenters. The van der Waals surface area contributed by atoms with Crippen molar-refractivity contribution in [3.63, 3.8) is 0 Å². The van der Waals surface area contributed by atoms with Crippen LogP contribution in [0.25, 0.3) is 6.08 Å². The highest BCUT2D eigenvalue weighted by molar-refractivity contribution is 9.10. The van der Waals surface area contributed by atoms with E-state index in [1.807, 2.05) is 69.3 Å². The molecule has 190 valence electrons. The van der Waals surface area contributed by atoms with E-state index >= 15 is 0 Å². The van der Waals surface area contributed by atoms with Crippen LogP contribution in [0, 0.1) is 13.8 Å². The molecule has 1 saturated heterocycles. The Morgan fingerprint density at radius 3 is 2.59 bits per heavy atom. The summed E-state index contributed by atoms with van der Waals surface area (Å²) in [6.07, 6.45) is 1.77. The molecule has 0 bridgehead atoms. The third-order valence-electron chi connectivity index (χ3n) is 5.57. The van der Waals surface area contributed by atoms with E-state index in [0.29, 0.717) is 33.0 Å². The van der Waals surface area contributed by atoms with Crippen molar-refractivity contribution in [2.75, 3.05) is 23.4 Å². The number of aryl methyl sites for hydroxylation is 2. The number of thiocarbonyl (C=S) groups is 1. The fourth-order valence-corrected chi connectivity index (χ4v) is 5.30. The summed E-state index contributed by atoms with van der Waals surface area (Å²) in [7, 11) is 0. The maximum absolute atomic E-state index is 13.1. The van der Waals surface area contributed by atoms with Gasteiger partial charge in [0.15, 0.2) is 22.4 Å². The second-order valence-electron chi connectivity index (χ2n) is 8.27. The number of benzene rings is 3. The fourth-order valence-electron chi connectivity index (χ4n) is 3.62. The smallest absolute Gasteiger partial charge is 0.270 e. The van der Waals surface area contributed by atoms with Crippen LogP contribution < -0.4 is 19.7 Å². The number of amides is 2. The highest BCUT2D eigenvalue weighted by atomic mass is 79.9. The van der Waals surface area contributed by atoms with Crippen LogP contribution in [0.2, 0.25) is 0 Å². The number of nitrogens with zero attached hydrogens (tertiary/aromatic N) is 1. The third-order valence-corrected chi connectivity index (χ3v) is 7.37. The topological polar surface area (TPSA) is 67.9 Å². The zero-order valence-electron chi connectivity index (χ0n) is 20.5. The minimum Gasteiger partial charge on any atom is -0.490 e. The lowest BCUT2D eigenvalue weighted by molar-refractivity contribution is -0.118. The molecule has 3 aromatic carbocycles. The number of hydrogen-bond donors (Lipinski definition) is 1. The molecular weight excluding hydrogens is 572 g/mol. The zero-order chi connectivity index (χ0) is 26.5. The number of thioether (sulfide) groups is 1. The first-order chi connectivity index (χ1) is 17.7. The van der Waals surface area contributed by atoms with Gasteiger partial charge in [-0.2, -0.15) is 0 Å². The predicted octanol–water partition coefficient (Wildman–Crippen LogP) is 6.89. The van der Waals surface area contributed by atoms with Gasteiger partial charge in [-0.1, -0.05) is 58.1 Å². The van der Waals surface area contributed by atoms with E-state index in [-0.39, 0.29) is 18.4 Å². The van der Waals surface area contributed by atoms with E-state index < -0.39 is 0 Å². The largest absolute Gasteiger partial charge is 0.490 e. The van der Waals surface area contributed by atoms with E-state index in [1.165, 1.54) is 16.7 Å². The van der Waals surface area contributed by atoms with Crippen LogP contribution in [0.3, 0.4) is 0 Å². The Morgan fingerprint density at radius 2 is 1.86 bits per heavy atom. The number of ether oxygens (including phenoxy) is 2. The summed E-state index contributed by atoms with van der Waals surface area (Å²) in [5, 5.41) is 2.85. The molecule has 1 fully saturated rings. The summed E-state index contributed by atoms with van der Waals surface area (Å²) in [4.78, 5) is 27.6. The molecule has 1 heterocycles. The van der Waals surface area contributed by atoms with E-state index in [9.17, 15) is 9.59 Å². The molecule has 3 aromatic rings. The van der Waals surface area contributed by atoms with Crippen LogP contribution in [0.5, 0.6) is 11.5 Å². The first kappa shape index (κ1) is 26.9. The quantitative estimate of drug-likeness (QED) is 0.226. The molecule has 0 radical (unpaired) electrons. The van der Waals surface area contributed by atoms with Gasteiger partial charge in [0.05, 0.1) is 17.2 Å².